The zero-order valence-electron chi connectivity index (χ0n) is 13.4. The fourth-order valence-electron chi connectivity index (χ4n) is 3.41. The molecule has 7 heteroatoms. The van der Waals surface area contributed by atoms with Crippen LogP contribution in [-0.4, -0.2) is 40.0 Å². The molecule has 1 aliphatic heterocycles. The average Bonchev–Trinajstić information content (AvgIpc) is 2.88. The van der Waals surface area contributed by atoms with Crippen LogP contribution in [0.25, 0.3) is 16.9 Å². The second-order valence-corrected chi connectivity index (χ2v) is 7.15. The Balaban J connectivity index is 1.82. The van der Waals surface area contributed by atoms with Gasteiger partial charge in [0.2, 0.25) is 0 Å². The summed E-state index contributed by atoms with van der Waals surface area (Å²) in [6.07, 6.45) is 8.04. The molecule has 24 heavy (non-hydrogen) atoms. The first-order valence-electron chi connectivity index (χ1n) is 8.39. The van der Waals surface area contributed by atoms with E-state index in [9.17, 15) is 4.79 Å². The van der Waals surface area contributed by atoms with Crippen LogP contribution in [0.1, 0.15) is 25.7 Å². The van der Waals surface area contributed by atoms with E-state index in [4.69, 9.17) is 9.47 Å². The SMILES string of the molecule is O=c1n(CC2COCCO2)c2cc(Br)cnc2n1C1=CCCCC1. The van der Waals surface area contributed by atoms with Gasteiger partial charge in [-0.2, -0.15) is 0 Å². The molecular weight excluding hydrogens is 374 g/mol. The van der Waals surface area contributed by atoms with Gasteiger partial charge >= 0.3 is 5.69 Å². The molecule has 0 saturated carbocycles. The van der Waals surface area contributed by atoms with Gasteiger partial charge in [-0.15, -0.1) is 0 Å². The summed E-state index contributed by atoms with van der Waals surface area (Å²) >= 11 is 3.46. The minimum atomic E-state index is -0.102. The normalized spacial score (nSPS) is 21.9. The highest BCUT2D eigenvalue weighted by Gasteiger charge is 2.22. The summed E-state index contributed by atoms with van der Waals surface area (Å²) in [7, 11) is 0. The number of nitrogens with zero attached hydrogens (tertiary/aromatic N) is 3. The molecule has 2 aromatic heterocycles. The van der Waals surface area contributed by atoms with E-state index in [0.717, 1.165) is 34.9 Å². The Hall–Kier alpha value is -1.44. The molecule has 0 spiro atoms. The number of hydrogen-bond donors (Lipinski definition) is 0. The van der Waals surface area contributed by atoms with Gasteiger partial charge in [-0.25, -0.2) is 14.3 Å². The van der Waals surface area contributed by atoms with E-state index in [0.29, 0.717) is 32.0 Å². The maximum absolute atomic E-state index is 13.1. The third kappa shape index (κ3) is 2.96. The molecule has 4 rings (SSSR count). The zero-order valence-corrected chi connectivity index (χ0v) is 15.0. The summed E-state index contributed by atoms with van der Waals surface area (Å²) in [6, 6.07) is 1.95. The van der Waals surface area contributed by atoms with Crippen LogP contribution in [-0.2, 0) is 16.0 Å². The standard InChI is InChI=1S/C17H20BrN3O3/c18-12-8-15-16(19-9-12)21(13-4-2-1-3-5-13)17(22)20(15)10-14-11-23-6-7-24-14/h4,8-9,14H,1-3,5-7,10-11H2. The predicted molar refractivity (Wildman–Crippen MR) is 95.0 cm³/mol. The number of fused-ring (bicyclic) bond motifs is 1. The summed E-state index contributed by atoms with van der Waals surface area (Å²) in [6.45, 7) is 2.19. The lowest BCUT2D eigenvalue weighted by Gasteiger charge is -2.23. The highest BCUT2D eigenvalue weighted by molar-refractivity contribution is 9.10. The van der Waals surface area contributed by atoms with Crippen molar-refractivity contribution in [1.82, 2.24) is 14.1 Å². The van der Waals surface area contributed by atoms with Gasteiger partial charge in [0.1, 0.15) is 0 Å². The van der Waals surface area contributed by atoms with Gasteiger partial charge in [-0.1, -0.05) is 6.08 Å². The maximum atomic E-state index is 13.1. The first-order chi connectivity index (χ1) is 11.7. The van der Waals surface area contributed by atoms with Crippen molar-refractivity contribution in [2.75, 3.05) is 19.8 Å². The Morgan fingerprint density at radius 3 is 3.00 bits per heavy atom. The van der Waals surface area contributed by atoms with Crippen molar-refractivity contribution >= 4 is 32.8 Å². The molecule has 2 aliphatic rings. The summed E-state index contributed by atoms with van der Waals surface area (Å²) in [4.78, 5) is 17.6. The smallest absolute Gasteiger partial charge is 0.334 e. The number of halogens is 1. The number of allylic oxidation sites excluding steroid dienone is 2. The minimum Gasteiger partial charge on any atom is -0.376 e. The average molecular weight is 394 g/mol. The molecular formula is C17H20BrN3O3. The lowest BCUT2D eigenvalue weighted by molar-refractivity contribution is -0.0935. The number of aromatic nitrogens is 3. The molecule has 1 atom stereocenters. The van der Waals surface area contributed by atoms with Gasteiger partial charge in [0.25, 0.3) is 0 Å². The molecule has 6 nitrogen and oxygen atoms in total. The highest BCUT2D eigenvalue weighted by Crippen LogP contribution is 2.25. The van der Waals surface area contributed by atoms with Crippen LogP contribution in [0.2, 0.25) is 0 Å². The topological polar surface area (TPSA) is 58.3 Å². The largest absolute Gasteiger partial charge is 0.376 e. The van der Waals surface area contributed by atoms with E-state index in [-0.39, 0.29) is 11.8 Å². The lowest BCUT2D eigenvalue weighted by Crippen LogP contribution is -2.36. The third-order valence-electron chi connectivity index (χ3n) is 4.56. The van der Waals surface area contributed by atoms with E-state index in [1.54, 1.807) is 15.3 Å². The van der Waals surface area contributed by atoms with E-state index in [1.807, 2.05) is 6.07 Å². The number of imidazole rings is 1. The molecule has 0 N–H and O–H groups in total. The van der Waals surface area contributed by atoms with E-state index >= 15 is 0 Å². The monoisotopic (exact) mass is 393 g/mol. The molecule has 1 aliphatic carbocycles. The van der Waals surface area contributed by atoms with E-state index in [1.165, 1.54) is 6.42 Å². The molecule has 0 amide bonds. The van der Waals surface area contributed by atoms with Gasteiger partial charge in [0.15, 0.2) is 5.65 Å². The first-order valence-corrected chi connectivity index (χ1v) is 9.19. The molecule has 0 bridgehead atoms. The van der Waals surface area contributed by atoms with Crippen molar-refractivity contribution in [3.8, 4) is 0 Å². The second kappa shape index (κ2) is 6.82. The minimum absolute atomic E-state index is 0.0436. The number of ether oxygens (including phenoxy) is 2. The fourth-order valence-corrected chi connectivity index (χ4v) is 3.73. The van der Waals surface area contributed by atoms with Crippen LogP contribution in [0.5, 0.6) is 0 Å². The number of rotatable bonds is 3. The van der Waals surface area contributed by atoms with Crippen molar-refractivity contribution < 1.29 is 9.47 Å². The maximum Gasteiger partial charge on any atom is 0.334 e. The quantitative estimate of drug-likeness (QED) is 0.804. The predicted octanol–water partition coefficient (Wildman–Crippen LogP) is 2.79. The third-order valence-corrected chi connectivity index (χ3v) is 5.00. The summed E-state index contributed by atoms with van der Waals surface area (Å²) in [5, 5.41) is 0. The van der Waals surface area contributed by atoms with Gasteiger partial charge in [-0.3, -0.25) is 4.57 Å². The Bertz CT molecular complexity index is 833. The number of pyridine rings is 1. The van der Waals surface area contributed by atoms with Crippen LogP contribution in [0.3, 0.4) is 0 Å². The summed E-state index contributed by atoms with van der Waals surface area (Å²) < 4.78 is 15.6. The van der Waals surface area contributed by atoms with Crippen LogP contribution >= 0.6 is 15.9 Å². The Morgan fingerprint density at radius 2 is 2.25 bits per heavy atom. The van der Waals surface area contributed by atoms with Crippen molar-refractivity contribution in [2.45, 2.75) is 38.3 Å². The zero-order chi connectivity index (χ0) is 16.5. The van der Waals surface area contributed by atoms with Crippen molar-refractivity contribution in [1.29, 1.82) is 0 Å². The molecule has 128 valence electrons. The molecule has 0 aromatic carbocycles. The van der Waals surface area contributed by atoms with Crippen LogP contribution in [0.15, 0.2) is 27.6 Å². The molecule has 1 saturated heterocycles. The fraction of sp³-hybridized carbons (Fsp3) is 0.529. The summed E-state index contributed by atoms with van der Waals surface area (Å²) in [5.41, 5.74) is 2.56. The second-order valence-electron chi connectivity index (χ2n) is 6.23. The van der Waals surface area contributed by atoms with Crippen molar-refractivity contribution in [3.63, 3.8) is 0 Å². The van der Waals surface area contributed by atoms with Gasteiger partial charge < -0.3 is 9.47 Å². The molecule has 1 fully saturated rings. The lowest BCUT2D eigenvalue weighted by atomic mass is 10.0. The van der Waals surface area contributed by atoms with Crippen LogP contribution in [0, 0.1) is 0 Å². The van der Waals surface area contributed by atoms with E-state index in [2.05, 4.69) is 27.0 Å². The van der Waals surface area contributed by atoms with Crippen LogP contribution < -0.4 is 5.69 Å². The van der Waals surface area contributed by atoms with Gasteiger partial charge in [-0.05, 0) is 47.7 Å². The van der Waals surface area contributed by atoms with Crippen molar-refractivity contribution in [2.24, 2.45) is 0 Å². The van der Waals surface area contributed by atoms with Gasteiger partial charge in [0.05, 0.1) is 38.0 Å². The Morgan fingerprint density at radius 1 is 1.33 bits per heavy atom. The molecule has 1 unspecified atom stereocenters. The highest BCUT2D eigenvalue weighted by atomic mass is 79.9. The molecule has 2 aromatic rings. The van der Waals surface area contributed by atoms with Crippen molar-refractivity contribution in [3.05, 3.63) is 33.3 Å². The first kappa shape index (κ1) is 16.1. The van der Waals surface area contributed by atoms with Gasteiger partial charge in [0, 0.05) is 16.4 Å². The number of hydrogen-bond acceptors (Lipinski definition) is 4. The Kier molecular flexibility index (Phi) is 4.56. The van der Waals surface area contributed by atoms with Crippen LogP contribution in [0.4, 0.5) is 0 Å². The Labute approximate surface area is 148 Å². The molecule has 3 heterocycles. The van der Waals surface area contributed by atoms with E-state index < -0.39 is 0 Å². The summed E-state index contributed by atoms with van der Waals surface area (Å²) in [5.74, 6) is 0. The molecule has 0 radical (unpaired) electrons.